The van der Waals surface area contributed by atoms with Crippen LogP contribution in [0.4, 0.5) is 0 Å². The van der Waals surface area contributed by atoms with Gasteiger partial charge in [-0.3, -0.25) is 4.79 Å². The molecule has 22 heavy (non-hydrogen) atoms. The van der Waals surface area contributed by atoms with Crippen molar-refractivity contribution in [1.82, 2.24) is 9.62 Å². The molecule has 0 heterocycles. The zero-order valence-corrected chi connectivity index (χ0v) is 14.3. The van der Waals surface area contributed by atoms with Crippen LogP contribution in [0.2, 0.25) is 5.02 Å². The minimum absolute atomic E-state index is 0.0912. The first-order valence-corrected chi connectivity index (χ1v) is 9.46. The minimum Gasteiger partial charge on any atom is -0.348 e. The summed E-state index contributed by atoms with van der Waals surface area (Å²) in [6.07, 6.45) is 4.38. The average molecular weight is 345 g/mol. The lowest BCUT2D eigenvalue weighted by atomic mass is 9.77. The van der Waals surface area contributed by atoms with E-state index in [1.165, 1.54) is 7.05 Å². The zero-order chi connectivity index (χ0) is 16.3. The second kappa shape index (κ2) is 6.98. The van der Waals surface area contributed by atoms with Crippen molar-refractivity contribution in [2.45, 2.75) is 25.3 Å². The Labute approximate surface area is 136 Å². The molecule has 2 rings (SSSR count). The molecule has 0 spiro atoms. The Kier molecular flexibility index (Phi) is 5.47. The van der Waals surface area contributed by atoms with Crippen LogP contribution in [0.3, 0.4) is 0 Å². The number of likely N-dealkylation sites (N-methyl/N-ethyl adjacent to an activating group) is 1. The van der Waals surface area contributed by atoms with E-state index >= 15 is 0 Å². The number of benzene rings is 1. The second-order valence-corrected chi connectivity index (χ2v) is 8.33. The molecular weight excluding hydrogens is 324 g/mol. The highest BCUT2D eigenvalue weighted by Gasteiger charge is 2.30. The average Bonchev–Trinajstić information content (AvgIpc) is 2.35. The maximum absolute atomic E-state index is 12.2. The summed E-state index contributed by atoms with van der Waals surface area (Å²) in [6, 6.07) is 7.33. The van der Waals surface area contributed by atoms with Crippen molar-refractivity contribution in [3.8, 4) is 0 Å². The van der Waals surface area contributed by atoms with E-state index in [4.69, 9.17) is 11.6 Å². The van der Waals surface area contributed by atoms with Crippen LogP contribution in [0.15, 0.2) is 24.3 Å². The number of rotatable bonds is 6. The van der Waals surface area contributed by atoms with E-state index in [0.29, 0.717) is 10.9 Å². The van der Waals surface area contributed by atoms with E-state index in [1.807, 2.05) is 12.1 Å². The maximum atomic E-state index is 12.2. The lowest BCUT2D eigenvalue weighted by Gasteiger charge is -2.35. The van der Waals surface area contributed by atoms with Crippen molar-refractivity contribution in [1.29, 1.82) is 0 Å². The molecule has 122 valence electrons. The fourth-order valence-corrected chi connectivity index (χ4v) is 2.93. The molecule has 1 aliphatic rings. The van der Waals surface area contributed by atoms with Crippen LogP contribution in [0, 0.1) is 5.92 Å². The first-order valence-electron chi connectivity index (χ1n) is 7.23. The van der Waals surface area contributed by atoms with Crippen LogP contribution in [0.1, 0.15) is 30.9 Å². The third-order valence-electron chi connectivity index (χ3n) is 4.10. The molecule has 1 aliphatic carbocycles. The number of halogens is 1. The van der Waals surface area contributed by atoms with Crippen molar-refractivity contribution in [3.05, 3.63) is 34.9 Å². The Hall–Kier alpha value is -1.11. The number of amides is 1. The molecule has 7 heteroatoms. The topological polar surface area (TPSA) is 66.5 Å². The summed E-state index contributed by atoms with van der Waals surface area (Å²) in [5.74, 6) is 0.105. The van der Waals surface area contributed by atoms with E-state index in [-0.39, 0.29) is 18.5 Å². The summed E-state index contributed by atoms with van der Waals surface area (Å²) >= 11 is 5.91. The molecule has 0 aromatic heterocycles. The molecule has 5 nitrogen and oxygen atoms in total. The molecule has 1 saturated carbocycles. The van der Waals surface area contributed by atoms with Crippen molar-refractivity contribution in [3.63, 3.8) is 0 Å². The van der Waals surface area contributed by atoms with Crippen molar-refractivity contribution < 1.29 is 13.2 Å². The monoisotopic (exact) mass is 344 g/mol. The van der Waals surface area contributed by atoms with Crippen molar-refractivity contribution >= 4 is 27.5 Å². The van der Waals surface area contributed by atoms with Gasteiger partial charge in [-0.1, -0.05) is 30.2 Å². The van der Waals surface area contributed by atoms with Crippen LogP contribution in [0.25, 0.3) is 0 Å². The third-order valence-corrected chi connectivity index (χ3v) is 5.61. The highest BCUT2D eigenvalue weighted by atomic mass is 35.5. The number of carbonyl (C=O) groups is 1. The molecule has 0 saturated heterocycles. The quantitative estimate of drug-likeness (QED) is 0.860. The Morgan fingerprint density at radius 3 is 2.41 bits per heavy atom. The maximum Gasteiger partial charge on any atom is 0.235 e. The summed E-state index contributed by atoms with van der Waals surface area (Å²) < 4.78 is 23.8. The number of hydrogen-bond acceptors (Lipinski definition) is 3. The molecule has 0 bridgehead atoms. The SMILES string of the molecule is CN(CC(=O)NC(c1ccc(Cl)cc1)C1CCC1)S(C)(=O)=O. The fourth-order valence-electron chi connectivity index (χ4n) is 2.46. The predicted octanol–water partition coefficient (Wildman–Crippen LogP) is 2.19. The smallest absolute Gasteiger partial charge is 0.235 e. The third kappa shape index (κ3) is 4.44. The predicted molar refractivity (Wildman–Crippen MR) is 87.2 cm³/mol. The van der Waals surface area contributed by atoms with E-state index < -0.39 is 10.0 Å². The van der Waals surface area contributed by atoms with Gasteiger partial charge in [-0.2, -0.15) is 4.31 Å². The molecule has 1 aromatic rings. The number of nitrogens with one attached hydrogen (secondary N) is 1. The van der Waals surface area contributed by atoms with Crippen molar-refractivity contribution in [2.24, 2.45) is 5.92 Å². The molecule has 1 aromatic carbocycles. The van der Waals surface area contributed by atoms with Gasteiger partial charge in [0.25, 0.3) is 0 Å². The van der Waals surface area contributed by atoms with Gasteiger partial charge in [-0.15, -0.1) is 0 Å². The summed E-state index contributed by atoms with van der Waals surface area (Å²) in [7, 11) is -1.96. The molecule has 1 unspecified atom stereocenters. The molecule has 1 fully saturated rings. The van der Waals surface area contributed by atoms with E-state index in [1.54, 1.807) is 12.1 Å². The zero-order valence-electron chi connectivity index (χ0n) is 12.8. The van der Waals surface area contributed by atoms with Gasteiger partial charge in [0.1, 0.15) is 0 Å². The Bertz CT molecular complexity index is 627. The van der Waals surface area contributed by atoms with Gasteiger partial charge in [-0.05, 0) is 36.5 Å². The number of hydrogen-bond donors (Lipinski definition) is 1. The van der Waals surface area contributed by atoms with Gasteiger partial charge in [0.2, 0.25) is 15.9 Å². The van der Waals surface area contributed by atoms with Crippen LogP contribution in [-0.4, -0.2) is 38.5 Å². The summed E-state index contributed by atoms with van der Waals surface area (Å²) in [6.45, 7) is -0.171. The number of carbonyl (C=O) groups excluding carboxylic acids is 1. The summed E-state index contributed by atoms with van der Waals surface area (Å²) in [5, 5.41) is 3.62. The lowest BCUT2D eigenvalue weighted by Crippen LogP contribution is -2.42. The Morgan fingerprint density at radius 2 is 1.95 bits per heavy atom. The van der Waals surface area contributed by atoms with E-state index in [0.717, 1.165) is 35.4 Å². The molecule has 1 N–H and O–H groups in total. The van der Waals surface area contributed by atoms with Crippen LogP contribution in [0.5, 0.6) is 0 Å². The summed E-state index contributed by atoms with van der Waals surface area (Å²) in [4.78, 5) is 12.2. The number of sulfonamides is 1. The van der Waals surface area contributed by atoms with Crippen LogP contribution >= 0.6 is 11.6 Å². The standard InChI is InChI=1S/C15H21ClN2O3S/c1-18(22(2,20)21)10-14(19)17-15(11-4-3-5-11)12-6-8-13(16)9-7-12/h6-9,11,15H,3-5,10H2,1-2H3,(H,17,19). The first kappa shape index (κ1) is 17.2. The molecular formula is C15H21ClN2O3S. The first-order chi connectivity index (χ1) is 10.3. The van der Waals surface area contributed by atoms with Gasteiger partial charge >= 0.3 is 0 Å². The molecule has 0 aliphatic heterocycles. The Morgan fingerprint density at radius 1 is 1.36 bits per heavy atom. The molecule has 1 amide bonds. The van der Waals surface area contributed by atoms with Crippen molar-refractivity contribution in [2.75, 3.05) is 19.8 Å². The van der Waals surface area contributed by atoms with Gasteiger partial charge in [0.05, 0.1) is 18.8 Å². The molecule has 1 atom stereocenters. The summed E-state index contributed by atoms with van der Waals surface area (Å²) in [5.41, 5.74) is 1.00. The highest BCUT2D eigenvalue weighted by Crippen LogP contribution is 2.37. The van der Waals surface area contributed by atoms with Gasteiger partial charge in [0.15, 0.2) is 0 Å². The van der Waals surface area contributed by atoms with E-state index in [2.05, 4.69) is 5.32 Å². The fraction of sp³-hybridized carbons (Fsp3) is 0.533. The minimum atomic E-state index is -3.36. The normalized spacial score (nSPS) is 17.1. The van der Waals surface area contributed by atoms with Gasteiger partial charge in [-0.25, -0.2) is 8.42 Å². The number of nitrogens with zero attached hydrogens (tertiary/aromatic N) is 1. The van der Waals surface area contributed by atoms with E-state index in [9.17, 15) is 13.2 Å². The molecule has 0 radical (unpaired) electrons. The lowest BCUT2D eigenvalue weighted by molar-refractivity contribution is -0.122. The highest BCUT2D eigenvalue weighted by molar-refractivity contribution is 7.88. The largest absolute Gasteiger partial charge is 0.348 e. The van der Waals surface area contributed by atoms with Crippen LogP contribution in [-0.2, 0) is 14.8 Å². The Balaban J connectivity index is 2.07. The van der Waals surface area contributed by atoms with Gasteiger partial charge in [0, 0.05) is 12.1 Å². The second-order valence-electron chi connectivity index (χ2n) is 5.81. The van der Waals surface area contributed by atoms with Crippen LogP contribution < -0.4 is 5.32 Å². The van der Waals surface area contributed by atoms with Gasteiger partial charge < -0.3 is 5.32 Å².